The van der Waals surface area contributed by atoms with Gasteiger partial charge in [-0.25, -0.2) is 4.68 Å². The maximum atomic E-state index is 12.8. The van der Waals surface area contributed by atoms with Crippen molar-refractivity contribution in [3.05, 3.63) is 160 Å². The number of unbranched alkanes of at least 4 members (excludes halogenated alkanes) is 1. The van der Waals surface area contributed by atoms with Crippen molar-refractivity contribution >= 4 is 38.6 Å². The fourth-order valence-electron chi connectivity index (χ4n) is 7.13. The highest BCUT2D eigenvalue weighted by Crippen LogP contribution is 2.45. The van der Waals surface area contributed by atoms with Gasteiger partial charge in [-0.1, -0.05) is 135 Å². The molecule has 5 aromatic carbocycles. The Balaban J connectivity index is 1.26. The minimum atomic E-state index is -0.901. The van der Waals surface area contributed by atoms with Gasteiger partial charge < -0.3 is 4.42 Å². The zero-order valence-electron chi connectivity index (χ0n) is 28.1. The van der Waals surface area contributed by atoms with Gasteiger partial charge in [-0.05, 0) is 67.2 Å². The topological polar surface area (TPSA) is 89.4 Å². The molecule has 3 heterocycles. The number of carbonyl (C=O) groups excluding carboxylic acids is 1. The SMILES string of the molecule is CCCCC1=NCC(=O)N1Cc1ccc2oc(-c3ccccc3-c3nnnn3C(c3ccccc3)(c3ccccc3)c3ccccc3)c(Br)c2c1. The number of furan rings is 1. The van der Waals surface area contributed by atoms with E-state index >= 15 is 0 Å². The van der Waals surface area contributed by atoms with E-state index in [1.165, 1.54) is 0 Å². The summed E-state index contributed by atoms with van der Waals surface area (Å²) in [7, 11) is 0. The van der Waals surface area contributed by atoms with E-state index in [0.29, 0.717) is 18.1 Å². The number of carbonyl (C=O) groups is 1. The number of amides is 1. The lowest BCUT2D eigenvalue weighted by molar-refractivity contribution is -0.125. The van der Waals surface area contributed by atoms with Crippen LogP contribution in [0.5, 0.6) is 0 Å². The van der Waals surface area contributed by atoms with Crippen molar-refractivity contribution in [2.45, 2.75) is 38.3 Å². The highest BCUT2D eigenvalue weighted by atomic mass is 79.9. The van der Waals surface area contributed by atoms with Crippen LogP contribution in [-0.2, 0) is 16.9 Å². The molecule has 0 unspecified atom stereocenters. The zero-order chi connectivity index (χ0) is 34.8. The number of fused-ring (bicyclic) bond motifs is 1. The Kier molecular flexibility index (Phi) is 8.88. The van der Waals surface area contributed by atoms with Crippen molar-refractivity contribution in [2.75, 3.05) is 6.54 Å². The number of tetrazole rings is 1. The second-order valence-electron chi connectivity index (χ2n) is 12.7. The number of halogens is 1. The van der Waals surface area contributed by atoms with E-state index in [2.05, 4.69) is 75.5 Å². The lowest BCUT2D eigenvalue weighted by atomic mass is 9.77. The second kappa shape index (κ2) is 13.9. The molecule has 1 amide bonds. The van der Waals surface area contributed by atoms with Crippen LogP contribution in [0.25, 0.3) is 33.7 Å². The van der Waals surface area contributed by atoms with Gasteiger partial charge in [0.1, 0.15) is 29.3 Å². The third-order valence-corrected chi connectivity index (χ3v) is 10.4. The van der Waals surface area contributed by atoms with Gasteiger partial charge in [0.15, 0.2) is 5.82 Å². The minimum Gasteiger partial charge on any atom is -0.455 e. The van der Waals surface area contributed by atoms with Crippen LogP contribution in [0.2, 0.25) is 0 Å². The van der Waals surface area contributed by atoms with E-state index in [1.54, 1.807) is 0 Å². The molecule has 7 aromatic rings. The largest absolute Gasteiger partial charge is 0.455 e. The molecule has 0 saturated heterocycles. The fourth-order valence-corrected chi connectivity index (χ4v) is 7.74. The molecule has 1 aliphatic heterocycles. The van der Waals surface area contributed by atoms with Crippen LogP contribution in [0.1, 0.15) is 48.4 Å². The Morgan fingerprint density at radius 1 is 0.784 bits per heavy atom. The van der Waals surface area contributed by atoms with Gasteiger partial charge in [0.25, 0.3) is 0 Å². The molecular weight excluding hydrogens is 700 g/mol. The number of aromatic nitrogens is 4. The Morgan fingerprint density at radius 3 is 2.02 bits per heavy atom. The Hall–Kier alpha value is -5.67. The maximum Gasteiger partial charge on any atom is 0.249 e. The van der Waals surface area contributed by atoms with Gasteiger partial charge in [0, 0.05) is 22.9 Å². The van der Waals surface area contributed by atoms with E-state index in [4.69, 9.17) is 14.7 Å². The Bertz CT molecular complexity index is 2250. The summed E-state index contributed by atoms with van der Waals surface area (Å²) in [4.78, 5) is 19.1. The van der Waals surface area contributed by atoms with Crippen LogP contribution in [0.4, 0.5) is 0 Å². The van der Waals surface area contributed by atoms with Gasteiger partial charge in [-0.3, -0.25) is 14.7 Å². The molecule has 51 heavy (non-hydrogen) atoms. The van der Waals surface area contributed by atoms with Gasteiger partial charge in [0.2, 0.25) is 5.91 Å². The molecule has 0 bridgehead atoms. The van der Waals surface area contributed by atoms with E-state index in [9.17, 15) is 4.79 Å². The standard InChI is InChI=1S/C42H35BrN6O2/c1-2-3-23-37-44-27-38(50)48(37)28-29-24-25-36-35(26-29)39(43)40(51-36)33-21-13-14-22-34(33)41-45-46-47-49(41)42(30-15-7-4-8-16-30,31-17-9-5-10-18-31)32-19-11-6-12-20-32/h4-22,24-26H,2-3,23,27-28H2,1H3. The molecule has 8 rings (SSSR count). The number of nitrogens with zero attached hydrogens (tertiary/aromatic N) is 6. The van der Waals surface area contributed by atoms with Crippen molar-refractivity contribution < 1.29 is 9.21 Å². The maximum absolute atomic E-state index is 12.8. The van der Waals surface area contributed by atoms with Crippen LogP contribution in [0, 0.1) is 0 Å². The first-order valence-corrected chi connectivity index (χ1v) is 18.0. The monoisotopic (exact) mass is 734 g/mol. The first kappa shape index (κ1) is 32.5. The first-order valence-electron chi connectivity index (χ1n) is 17.2. The summed E-state index contributed by atoms with van der Waals surface area (Å²) in [5, 5.41) is 14.7. The molecule has 0 saturated carbocycles. The fraction of sp³-hybridized carbons (Fsp3) is 0.167. The lowest BCUT2D eigenvalue weighted by Crippen LogP contribution is -2.39. The summed E-state index contributed by atoms with van der Waals surface area (Å²) in [6, 6.07) is 45.2. The molecule has 2 aromatic heterocycles. The van der Waals surface area contributed by atoms with Crippen LogP contribution < -0.4 is 0 Å². The Labute approximate surface area is 304 Å². The van der Waals surface area contributed by atoms with E-state index in [0.717, 1.165) is 73.9 Å². The average Bonchev–Trinajstić information content (AvgIpc) is 3.90. The summed E-state index contributed by atoms with van der Waals surface area (Å²) in [6.45, 7) is 2.84. The van der Waals surface area contributed by atoms with E-state index < -0.39 is 5.54 Å². The number of hydrogen-bond donors (Lipinski definition) is 0. The number of rotatable bonds is 11. The summed E-state index contributed by atoms with van der Waals surface area (Å²) in [5.41, 5.74) is 5.54. The lowest BCUT2D eigenvalue weighted by Gasteiger charge is -2.36. The molecule has 0 fully saturated rings. The van der Waals surface area contributed by atoms with Crippen molar-refractivity contribution in [2.24, 2.45) is 4.99 Å². The molecule has 0 N–H and O–H groups in total. The number of amidine groups is 1. The predicted molar refractivity (Wildman–Crippen MR) is 203 cm³/mol. The predicted octanol–water partition coefficient (Wildman–Crippen LogP) is 9.29. The summed E-state index contributed by atoms with van der Waals surface area (Å²) in [6.07, 6.45) is 2.86. The van der Waals surface area contributed by atoms with Crippen molar-refractivity contribution in [3.8, 4) is 22.7 Å². The van der Waals surface area contributed by atoms with Crippen LogP contribution in [0.3, 0.4) is 0 Å². The first-order chi connectivity index (χ1) is 25.1. The van der Waals surface area contributed by atoms with Gasteiger partial charge in [-0.2, -0.15) is 0 Å². The molecule has 9 heteroatoms. The highest BCUT2D eigenvalue weighted by molar-refractivity contribution is 9.10. The molecule has 0 aliphatic carbocycles. The Morgan fingerprint density at radius 2 is 1.39 bits per heavy atom. The molecule has 0 atom stereocenters. The van der Waals surface area contributed by atoms with Crippen LogP contribution in [0.15, 0.2) is 147 Å². The van der Waals surface area contributed by atoms with Crippen LogP contribution >= 0.6 is 15.9 Å². The summed E-state index contributed by atoms with van der Waals surface area (Å²) in [5.74, 6) is 2.16. The molecular formula is C42H35BrN6O2. The third-order valence-electron chi connectivity index (χ3n) is 9.57. The number of benzene rings is 5. The molecule has 8 nitrogen and oxygen atoms in total. The van der Waals surface area contributed by atoms with Crippen LogP contribution in [-0.4, -0.2) is 43.4 Å². The van der Waals surface area contributed by atoms with Crippen molar-refractivity contribution in [1.29, 1.82) is 0 Å². The molecule has 0 radical (unpaired) electrons. The minimum absolute atomic E-state index is 0.0392. The van der Waals surface area contributed by atoms with E-state index in [-0.39, 0.29) is 12.5 Å². The average molecular weight is 736 g/mol. The van der Waals surface area contributed by atoms with Gasteiger partial charge in [0.05, 0.1) is 11.0 Å². The number of aliphatic imine (C=N–C) groups is 1. The zero-order valence-corrected chi connectivity index (χ0v) is 29.7. The molecule has 252 valence electrons. The summed E-state index contributed by atoms with van der Waals surface area (Å²) >= 11 is 3.90. The quantitative estimate of drug-likeness (QED) is 0.124. The van der Waals surface area contributed by atoms with Crippen molar-refractivity contribution in [3.63, 3.8) is 0 Å². The molecule has 1 aliphatic rings. The van der Waals surface area contributed by atoms with Gasteiger partial charge >= 0.3 is 0 Å². The highest BCUT2D eigenvalue weighted by Gasteiger charge is 2.42. The van der Waals surface area contributed by atoms with E-state index in [1.807, 2.05) is 101 Å². The third kappa shape index (κ3) is 5.77. The van der Waals surface area contributed by atoms with Gasteiger partial charge in [-0.15, -0.1) is 5.10 Å². The smallest absolute Gasteiger partial charge is 0.249 e. The number of hydrogen-bond acceptors (Lipinski definition) is 6. The summed E-state index contributed by atoms with van der Waals surface area (Å²) < 4.78 is 9.35. The van der Waals surface area contributed by atoms with Crippen molar-refractivity contribution in [1.82, 2.24) is 25.1 Å². The second-order valence-corrected chi connectivity index (χ2v) is 13.5. The normalized spacial score (nSPS) is 13.3. The molecule has 0 spiro atoms.